The summed E-state index contributed by atoms with van der Waals surface area (Å²) in [6.07, 6.45) is 8.49. The highest BCUT2D eigenvalue weighted by molar-refractivity contribution is 5.99. The van der Waals surface area contributed by atoms with Crippen molar-refractivity contribution in [1.29, 1.82) is 5.26 Å². The molecule has 11 rings (SSSR count). The number of nitriles is 1. The molecule has 4 aliphatic carbocycles. The Labute approximate surface area is 304 Å². The van der Waals surface area contributed by atoms with E-state index in [1.165, 1.54) is 44.1 Å². The number of hydrogen-bond acceptors (Lipinski definition) is 4. The van der Waals surface area contributed by atoms with Gasteiger partial charge in [0.15, 0.2) is 17.5 Å². The lowest BCUT2D eigenvalue weighted by Crippen LogP contribution is -2.48. The van der Waals surface area contributed by atoms with Gasteiger partial charge in [-0.2, -0.15) is 5.26 Å². The standard InChI is InChI=1S/C48H38N4/c49-30-38-20-23-42(43-12-6-4-11-41(38)43)34-14-16-37(17-15-34)46-50-45(36-8-2-1-3-9-36)51-47(52-46)44-13-7-5-10-40(44)35-18-21-39(22-19-35)48-27-31-24-32(28-48)26-33(25-31)29-48/h1-23,31-33H,24-29H2/t31-,32-,33-,48?. The molecule has 4 saturated carbocycles. The molecule has 0 unspecified atom stereocenters. The second-order valence-corrected chi connectivity index (χ2v) is 15.4. The summed E-state index contributed by atoms with van der Waals surface area (Å²) in [7, 11) is 0. The van der Waals surface area contributed by atoms with Crippen LogP contribution in [0.1, 0.15) is 49.7 Å². The summed E-state index contributed by atoms with van der Waals surface area (Å²) in [5.41, 5.74) is 9.93. The normalized spacial score (nSPS) is 21.6. The summed E-state index contributed by atoms with van der Waals surface area (Å²) < 4.78 is 0. The van der Waals surface area contributed by atoms with Gasteiger partial charge >= 0.3 is 0 Å². The zero-order chi connectivity index (χ0) is 34.6. The first-order chi connectivity index (χ1) is 25.6. The van der Waals surface area contributed by atoms with Gasteiger partial charge in [0, 0.05) is 22.1 Å². The van der Waals surface area contributed by atoms with Gasteiger partial charge < -0.3 is 0 Å². The Morgan fingerprint density at radius 1 is 0.442 bits per heavy atom. The van der Waals surface area contributed by atoms with Crippen molar-refractivity contribution in [2.45, 2.75) is 43.9 Å². The largest absolute Gasteiger partial charge is 0.208 e. The molecule has 0 spiro atoms. The third-order valence-electron chi connectivity index (χ3n) is 12.2. The van der Waals surface area contributed by atoms with E-state index in [1.807, 2.05) is 48.5 Å². The molecule has 4 heteroatoms. The van der Waals surface area contributed by atoms with E-state index in [-0.39, 0.29) is 0 Å². The number of hydrogen-bond donors (Lipinski definition) is 0. The molecule has 0 amide bonds. The highest BCUT2D eigenvalue weighted by Gasteiger charge is 2.51. The van der Waals surface area contributed by atoms with E-state index in [4.69, 9.17) is 15.0 Å². The molecule has 0 radical (unpaired) electrons. The highest BCUT2D eigenvalue weighted by Crippen LogP contribution is 2.60. The minimum absolute atomic E-state index is 0.378. The van der Waals surface area contributed by atoms with Crippen LogP contribution in [-0.4, -0.2) is 15.0 Å². The second-order valence-electron chi connectivity index (χ2n) is 15.4. The van der Waals surface area contributed by atoms with Gasteiger partial charge in [0.2, 0.25) is 0 Å². The Hall–Kier alpha value is -5.92. The molecule has 4 bridgehead atoms. The van der Waals surface area contributed by atoms with E-state index in [0.29, 0.717) is 28.5 Å². The summed E-state index contributed by atoms with van der Waals surface area (Å²) in [5, 5.41) is 11.7. The van der Waals surface area contributed by atoms with Gasteiger partial charge in [0.05, 0.1) is 11.6 Å². The maximum absolute atomic E-state index is 9.68. The minimum atomic E-state index is 0.378. The van der Waals surface area contributed by atoms with Crippen LogP contribution in [0.3, 0.4) is 0 Å². The molecule has 4 aliphatic rings. The topological polar surface area (TPSA) is 62.5 Å². The molecule has 0 N–H and O–H groups in total. The Bertz CT molecular complexity index is 2460. The summed E-state index contributed by atoms with van der Waals surface area (Å²) in [6, 6.07) is 51.0. The van der Waals surface area contributed by atoms with Crippen LogP contribution in [0.5, 0.6) is 0 Å². The van der Waals surface area contributed by atoms with Gasteiger partial charge in [-0.1, -0.05) is 133 Å². The molecule has 1 aromatic heterocycles. The van der Waals surface area contributed by atoms with Gasteiger partial charge in [-0.3, -0.25) is 0 Å². The Kier molecular flexibility index (Phi) is 7.35. The average Bonchev–Trinajstić information content (AvgIpc) is 3.20. The van der Waals surface area contributed by atoms with Gasteiger partial charge in [0.1, 0.15) is 0 Å². The predicted molar refractivity (Wildman–Crippen MR) is 209 cm³/mol. The number of benzene rings is 6. The van der Waals surface area contributed by atoms with Crippen molar-refractivity contribution in [2.75, 3.05) is 0 Å². The molecule has 6 aromatic carbocycles. The number of rotatable bonds is 6. The first kappa shape index (κ1) is 30.9. The Balaban J connectivity index is 1.03. The number of fused-ring (bicyclic) bond motifs is 1. The van der Waals surface area contributed by atoms with Crippen LogP contribution < -0.4 is 0 Å². The van der Waals surface area contributed by atoms with Gasteiger partial charge in [-0.05, 0) is 101 Å². The third-order valence-corrected chi connectivity index (χ3v) is 12.2. The zero-order valence-electron chi connectivity index (χ0n) is 29.0. The van der Waals surface area contributed by atoms with Crippen LogP contribution >= 0.6 is 0 Å². The van der Waals surface area contributed by atoms with E-state index in [1.54, 1.807) is 5.56 Å². The molecule has 4 nitrogen and oxygen atoms in total. The van der Waals surface area contributed by atoms with Crippen LogP contribution in [0.2, 0.25) is 0 Å². The fourth-order valence-corrected chi connectivity index (χ4v) is 10.2. The van der Waals surface area contributed by atoms with E-state index in [0.717, 1.165) is 61.9 Å². The lowest BCUT2D eigenvalue weighted by molar-refractivity contribution is -0.00518. The van der Waals surface area contributed by atoms with Crippen LogP contribution in [-0.2, 0) is 5.41 Å². The average molecular weight is 671 g/mol. The molecule has 1 heterocycles. The van der Waals surface area contributed by atoms with E-state index < -0.39 is 0 Å². The van der Waals surface area contributed by atoms with E-state index in [2.05, 4.69) is 97.1 Å². The third kappa shape index (κ3) is 5.31. The van der Waals surface area contributed by atoms with Crippen molar-refractivity contribution in [3.63, 3.8) is 0 Å². The lowest BCUT2D eigenvalue weighted by atomic mass is 9.48. The van der Waals surface area contributed by atoms with Crippen molar-refractivity contribution >= 4 is 10.8 Å². The van der Waals surface area contributed by atoms with Crippen molar-refractivity contribution in [3.8, 4) is 62.5 Å². The summed E-state index contributed by atoms with van der Waals surface area (Å²) in [6.45, 7) is 0. The molecule has 4 fully saturated rings. The van der Waals surface area contributed by atoms with Crippen molar-refractivity contribution < 1.29 is 0 Å². The van der Waals surface area contributed by atoms with Gasteiger partial charge in [0.25, 0.3) is 0 Å². The van der Waals surface area contributed by atoms with Crippen LogP contribution in [0, 0.1) is 29.1 Å². The van der Waals surface area contributed by atoms with Crippen LogP contribution in [0.4, 0.5) is 0 Å². The zero-order valence-corrected chi connectivity index (χ0v) is 29.0. The summed E-state index contributed by atoms with van der Waals surface area (Å²) in [5.74, 6) is 4.72. The minimum Gasteiger partial charge on any atom is -0.208 e. The van der Waals surface area contributed by atoms with Crippen molar-refractivity contribution in [3.05, 3.63) is 151 Å². The predicted octanol–water partition coefficient (Wildman–Crippen LogP) is 11.7. The molecular weight excluding hydrogens is 633 g/mol. The van der Waals surface area contributed by atoms with E-state index in [9.17, 15) is 5.26 Å². The molecule has 250 valence electrons. The maximum atomic E-state index is 9.68. The van der Waals surface area contributed by atoms with Crippen LogP contribution in [0.25, 0.3) is 67.2 Å². The first-order valence-electron chi connectivity index (χ1n) is 18.7. The van der Waals surface area contributed by atoms with E-state index >= 15 is 0 Å². The lowest BCUT2D eigenvalue weighted by Gasteiger charge is -2.57. The number of aromatic nitrogens is 3. The Morgan fingerprint density at radius 3 is 1.60 bits per heavy atom. The quantitative estimate of drug-likeness (QED) is 0.177. The number of nitrogens with zero attached hydrogens (tertiary/aromatic N) is 4. The second kappa shape index (κ2) is 12.4. The SMILES string of the molecule is N#Cc1ccc(-c2ccc(-c3nc(-c4ccccc4)nc(-c4ccccc4-c4ccc(C56C[C@H]7C[C@H](C5)C[C@@H](C6)C7)cc4)n3)cc2)c2ccccc12. The monoisotopic (exact) mass is 670 g/mol. The maximum Gasteiger partial charge on any atom is 0.164 e. The summed E-state index contributed by atoms with van der Waals surface area (Å²) >= 11 is 0. The molecular formula is C48H38N4. The molecule has 7 aromatic rings. The molecule has 0 atom stereocenters. The van der Waals surface area contributed by atoms with Gasteiger partial charge in [-0.25, -0.2) is 15.0 Å². The smallest absolute Gasteiger partial charge is 0.164 e. The van der Waals surface area contributed by atoms with Crippen molar-refractivity contribution in [2.24, 2.45) is 17.8 Å². The Morgan fingerprint density at radius 2 is 0.942 bits per heavy atom. The molecule has 0 saturated heterocycles. The van der Waals surface area contributed by atoms with Gasteiger partial charge in [-0.15, -0.1) is 0 Å². The van der Waals surface area contributed by atoms with Crippen LogP contribution in [0.15, 0.2) is 140 Å². The molecule has 52 heavy (non-hydrogen) atoms. The van der Waals surface area contributed by atoms with Crippen molar-refractivity contribution in [1.82, 2.24) is 15.0 Å². The summed E-state index contributed by atoms with van der Waals surface area (Å²) in [4.78, 5) is 15.3. The highest BCUT2D eigenvalue weighted by atomic mass is 15.0. The fourth-order valence-electron chi connectivity index (χ4n) is 10.2. The fraction of sp³-hybridized carbons (Fsp3) is 0.208. The first-order valence-corrected chi connectivity index (χ1v) is 18.7. The molecule has 0 aliphatic heterocycles.